The van der Waals surface area contributed by atoms with Gasteiger partial charge in [-0.15, -0.1) is 0 Å². The molecule has 1 atom stereocenters. The van der Waals surface area contributed by atoms with Crippen LogP contribution in [-0.4, -0.2) is 19.2 Å². The van der Waals surface area contributed by atoms with Crippen LogP contribution < -0.4 is 5.32 Å². The first-order chi connectivity index (χ1) is 9.93. The summed E-state index contributed by atoms with van der Waals surface area (Å²) in [5.74, 6) is -3.45. The number of aromatic nitrogens is 1. The van der Waals surface area contributed by atoms with Gasteiger partial charge < -0.3 is 5.32 Å². The minimum absolute atomic E-state index is 0.155. The molecule has 1 aromatic carbocycles. The zero-order chi connectivity index (χ0) is 15.5. The second-order valence-electron chi connectivity index (χ2n) is 4.45. The van der Waals surface area contributed by atoms with E-state index in [4.69, 9.17) is 0 Å². The average molecular weight is 312 g/mol. The van der Waals surface area contributed by atoms with Crippen molar-refractivity contribution >= 4 is 15.5 Å². The van der Waals surface area contributed by atoms with E-state index in [2.05, 4.69) is 10.3 Å². The molecule has 2 rings (SSSR count). The molecule has 0 aliphatic rings. The van der Waals surface area contributed by atoms with E-state index < -0.39 is 20.5 Å². The van der Waals surface area contributed by atoms with Crippen LogP contribution in [0.4, 0.5) is 14.5 Å². The number of benzene rings is 1. The van der Waals surface area contributed by atoms with E-state index in [1.165, 1.54) is 18.2 Å². The molecule has 21 heavy (non-hydrogen) atoms. The Kier molecular flexibility index (Phi) is 4.52. The molecular formula is C14H14F2N2O2S. The summed E-state index contributed by atoms with van der Waals surface area (Å²) < 4.78 is 48.8. The van der Waals surface area contributed by atoms with Crippen LogP contribution in [0.15, 0.2) is 53.7 Å². The Hall–Kier alpha value is -2.02. The zero-order valence-corrected chi connectivity index (χ0v) is 12.0. The SMILES string of the molecule is C[C@@H](Nc1ccccc1S(=O)(=O)C(F)F)c1ccncc1. The van der Waals surface area contributed by atoms with Crippen molar-refractivity contribution in [3.05, 3.63) is 54.4 Å². The van der Waals surface area contributed by atoms with Crippen molar-refractivity contribution in [1.82, 2.24) is 4.98 Å². The summed E-state index contributed by atoms with van der Waals surface area (Å²) in [6.45, 7) is 1.81. The molecule has 0 saturated carbocycles. The van der Waals surface area contributed by atoms with Crippen molar-refractivity contribution < 1.29 is 17.2 Å². The van der Waals surface area contributed by atoms with E-state index in [0.29, 0.717) is 0 Å². The summed E-state index contributed by atoms with van der Waals surface area (Å²) in [4.78, 5) is 3.49. The van der Waals surface area contributed by atoms with Gasteiger partial charge in [0.05, 0.1) is 10.6 Å². The summed E-state index contributed by atoms with van der Waals surface area (Å²) in [5, 5.41) is 2.95. The van der Waals surface area contributed by atoms with Crippen molar-refractivity contribution in [1.29, 1.82) is 0 Å². The number of rotatable bonds is 5. The molecule has 4 nitrogen and oxygen atoms in total. The number of para-hydroxylation sites is 1. The molecule has 0 radical (unpaired) electrons. The topological polar surface area (TPSA) is 59.1 Å². The molecule has 0 saturated heterocycles. The Balaban J connectivity index is 2.34. The lowest BCUT2D eigenvalue weighted by atomic mass is 10.1. The first kappa shape index (κ1) is 15.4. The first-order valence-corrected chi connectivity index (χ1v) is 7.75. The Morgan fingerprint density at radius 3 is 2.33 bits per heavy atom. The smallest absolute Gasteiger partial charge is 0.341 e. The van der Waals surface area contributed by atoms with Crippen molar-refractivity contribution in [3.63, 3.8) is 0 Å². The molecule has 0 amide bonds. The standard InChI is InChI=1S/C14H14F2N2O2S/c1-10(11-6-8-17-9-7-11)18-12-4-2-3-5-13(12)21(19,20)14(15)16/h2-10,14,18H,1H3/t10-/m1/s1. The minimum atomic E-state index is -4.64. The maximum atomic E-state index is 12.7. The van der Waals surface area contributed by atoms with Crippen LogP contribution in [0.2, 0.25) is 0 Å². The third kappa shape index (κ3) is 3.36. The molecule has 0 spiro atoms. The highest BCUT2D eigenvalue weighted by molar-refractivity contribution is 7.91. The molecule has 7 heteroatoms. The van der Waals surface area contributed by atoms with Crippen LogP contribution in [0.3, 0.4) is 0 Å². The summed E-state index contributed by atoms with van der Waals surface area (Å²) >= 11 is 0. The lowest BCUT2D eigenvalue weighted by molar-refractivity contribution is 0.235. The third-order valence-electron chi connectivity index (χ3n) is 3.01. The fourth-order valence-electron chi connectivity index (χ4n) is 1.90. The number of nitrogens with one attached hydrogen (secondary N) is 1. The number of hydrogen-bond donors (Lipinski definition) is 1. The van der Waals surface area contributed by atoms with Gasteiger partial charge >= 0.3 is 5.76 Å². The van der Waals surface area contributed by atoms with Gasteiger partial charge in [0, 0.05) is 18.4 Å². The molecule has 0 bridgehead atoms. The predicted octanol–water partition coefficient (Wildman–Crippen LogP) is 3.25. The van der Waals surface area contributed by atoms with E-state index in [-0.39, 0.29) is 11.7 Å². The van der Waals surface area contributed by atoms with Gasteiger partial charge in [0.15, 0.2) is 0 Å². The summed E-state index contributed by atoms with van der Waals surface area (Å²) in [5.41, 5.74) is 1.02. The number of pyridine rings is 1. The minimum Gasteiger partial charge on any atom is -0.377 e. The van der Waals surface area contributed by atoms with Gasteiger partial charge in [-0.3, -0.25) is 4.98 Å². The van der Waals surface area contributed by atoms with Gasteiger partial charge in [-0.05, 0) is 36.8 Å². The van der Waals surface area contributed by atoms with Gasteiger partial charge in [0.1, 0.15) is 0 Å². The Morgan fingerprint density at radius 2 is 1.71 bits per heavy atom. The lowest BCUT2D eigenvalue weighted by Gasteiger charge is -2.18. The Morgan fingerprint density at radius 1 is 1.10 bits per heavy atom. The van der Waals surface area contributed by atoms with Crippen molar-refractivity contribution in [2.24, 2.45) is 0 Å². The summed E-state index contributed by atoms with van der Waals surface area (Å²) in [6, 6.07) is 8.92. The van der Waals surface area contributed by atoms with Gasteiger partial charge in [-0.2, -0.15) is 8.78 Å². The normalized spacial score (nSPS) is 13.1. The fraction of sp³-hybridized carbons (Fsp3) is 0.214. The number of halogens is 2. The zero-order valence-electron chi connectivity index (χ0n) is 11.2. The summed E-state index contributed by atoms with van der Waals surface area (Å²) in [7, 11) is -4.64. The largest absolute Gasteiger partial charge is 0.377 e. The van der Waals surface area contributed by atoms with E-state index in [9.17, 15) is 17.2 Å². The predicted molar refractivity (Wildman–Crippen MR) is 75.9 cm³/mol. The Labute approximate surface area is 121 Å². The van der Waals surface area contributed by atoms with Gasteiger partial charge in [0.2, 0.25) is 9.84 Å². The molecule has 0 aliphatic heterocycles. The molecule has 0 unspecified atom stereocenters. The lowest BCUT2D eigenvalue weighted by Crippen LogP contribution is -2.15. The van der Waals surface area contributed by atoms with Gasteiger partial charge in [-0.1, -0.05) is 12.1 Å². The van der Waals surface area contributed by atoms with Crippen LogP contribution in [0.1, 0.15) is 18.5 Å². The highest BCUT2D eigenvalue weighted by Crippen LogP contribution is 2.28. The second kappa shape index (κ2) is 6.17. The van der Waals surface area contributed by atoms with Crippen LogP contribution >= 0.6 is 0 Å². The monoisotopic (exact) mass is 312 g/mol. The van der Waals surface area contributed by atoms with Crippen LogP contribution in [-0.2, 0) is 9.84 Å². The van der Waals surface area contributed by atoms with Crippen LogP contribution in [0, 0.1) is 0 Å². The van der Waals surface area contributed by atoms with Crippen molar-refractivity contribution in [2.45, 2.75) is 23.6 Å². The number of nitrogens with zero attached hydrogens (tertiary/aromatic N) is 1. The molecule has 1 heterocycles. The van der Waals surface area contributed by atoms with E-state index >= 15 is 0 Å². The van der Waals surface area contributed by atoms with E-state index in [1.807, 2.05) is 0 Å². The van der Waals surface area contributed by atoms with Crippen molar-refractivity contribution in [2.75, 3.05) is 5.32 Å². The van der Waals surface area contributed by atoms with E-state index in [0.717, 1.165) is 5.56 Å². The first-order valence-electron chi connectivity index (χ1n) is 6.20. The molecule has 2 aromatic rings. The van der Waals surface area contributed by atoms with Crippen LogP contribution in [0.25, 0.3) is 0 Å². The average Bonchev–Trinajstić information content (AvgIpc) is 2.48. The molecule has 1 N–H and O–H groups in total. The maximum absolute atomic E-state index is 12.7. The number of sulfone groups is 1. The highest BCUT2D eigenvalue weighted by Gasteiger charge is 2.29. The fourth-order valence-corrected chi connectivity index (χ4v) is 2.79. The second-order valence-corrected chi connectivity index (χ2v) is 6.33. The third-order valence-corrected chi connectivity index (χ3v) is 4.44. The number of alkyl halides is 2. The number of hydrogen-bond acceptors (Lipinski definition) is 4. The Bertz CT molecular complexity index is 706. The molecular weight excluding hydrogens is 298 g/mol. The van der Waals surface area contributed by atoms with Gasteiger partial charge in [-0.25, -0.2) is 8.42 Å². The molecule has 0 aliphatic carbocycles. The van der Waals surface area contributed by atoms with Gasteiger partial charge in [0.25, 0.3) is 0 Å². The van der Waals surface area contributed by atoms with Crippen molar-refractivity contribution in [3.8, 4) is 0 Å². The molecule has 1 aromatic heterocycles. The van der Waals surface area contributed by atoms with E-state index in [1.54, 1.807) is 37.5 Å². The number of anilines is 1. The molecule has 0 fully saturated rings. The summed E-state index contributed by atoms with van der Waals surface area (Å²) in [6.07, 6.45) is 3.21. The van der Waals surface area contributed by atoms with Crippen LogP contribution in [0.5, 0.6) is 0 Å². The maximum Gasteiger partial charge on any atom is 0.341 e. The quantitative estimate of drug-likeness (QED) is 0.920. The molecule has 112 valence electrons. The highest BCUT2D eigenvalue weighted by atomic mass is 32.2.